The van der Waals surface area contributed by atoms with Gasteiger partial charge < -0.3 is 10.2 Å². The Morgan fingerprint density at radius 2 is 2.00 bits per heavy atom. The first-order valence-corrected chi connectivity index (χ1v) is 8.56. The number of hydrogen-bond donors (Lipinski definition) is 1. The normalized spacial score (nSPS) is 15.5. The van der Waals surface area contributed by atoms with Crippen LogP contribution in [0.15, 0.2) is 41.0 Å². The average molecular weight is 375 g/mol. The van der Waals surface area contributed by atoms with Crippen molar-refractivity contribution in [1.29, 1.82) is 0 Å². The molecular formula is C17H19BrN4O. The Kier molecular flexibility index (Phi) is 4.91. The highest BCUT2D eigenvalue weighted by Gasteiger charge is 2.22. The number of aromatic nitrogens is 2. The maximum atomic E-state index is 12.6. The Labute approximate surface area is 144 Å². The molecule has 2 heterocycles. The van der Waals surface area contributed by atoms with E-state index in [0.29, 0.717) is 17.6 Å². The van der Waals surface area contributed by atoms with Gasteiger partial charge in [-0.1, -0.05) is 19.1 Å². The van der Waals surface area contributed by atoms with Gasteiger partial charge in [-0.25, -0.2) is 9.97 Å². The van der Waals surface area contributed by atoms with Crippen LogP contribution in [-0.2, 0) is 0 Å². The summed E-state index contributed by atoms with van der Waals surface area (Å²) in [6, 6.07) is 9.40. The van der Waals surface area contributed by atoms with E-state index in [9.17, 15) is 4.79 Å². The predicted octanol–water partition coefficient (Wildman–Crippen LogP) is 3.85. The summed E-state index contributed by atoms with van der Waals surface area (Å²) in [7, 11) is 0. The molecule has 0 unspecified atom stereocenters. The van der Waals surface area contributed by atoms with E-state index in [2.05, 4.69) is 38.1 Å². The largest absolute Gasteiger partial charge is 0.337 e. The molecule has 1 aromatic heterocycles. The van der Waals surface area contributed by atoms with Crippen LogP contribution in [-0.4, -0.2) is 33.9 Å². The molecule has 5 nitrogen and oxygen atoms in total. The highest BCUT2D eigenvalue weighted by atomic mass is 79.9. The molecule has 120 valence electrons. The smallest absolute Gasteiger partial charge is 0.272 e. The molecular weight excluding hydrogens is 356 g/mol. The number of nitrogens with zero attached hydrogens (tertiary/aromatic N) is 3. The summed E-state index contributed by atoms with van der Waals surface area (Å²) in [5.74, 6) is 1.10. The van der Waals surface area contributed by atoms with E-state index in [0.717, 1.165) is 36.1 Å². The zero-order valence-corrected chi connectivity index (χ0v) is 14.6. The molecule has 1 aliphatic rings. The lowest BCUT2D eigenvalue weighted by Gasteiger charge is -2.30. The molecule has 1 aromatic carbocycles. The SMILES string of the molecule is CC1CCN(C(=O)c2ccnc(Nc3ccccc3Br)n2)CC1. The van der Waals surface area contributed by atoms with E-state index < -0.39 is 0 Å². The van der Waals surface area contributed by atoms with Crippen LogP contribution in [0.2, 0.25) is 0 Å². The van der Waals surface area contributed by atoms with Gasteiger partial charge in [-0.15, -0.1) is 0 Å². The number of benzene rings is 1. The number of nitrogens with one attached hydrogen (secondary N) is 1. The van der Waals surface area contributed by atoms with Crippen molar-refractivity contribution in [1.82, 2.24) is 14.9 Å². The molecule has 0 bridgehead atoms. The highest BCUT2D eigenvalue weighted by Crippen LogP contribution is 2.24. The van der Waals surface area contributed by atoms with E-state index in [1.54, 1.807) is 12.3 Å². The highest BCUT2D eigenvalue weighted by molar-refractivity contribution is 9.10. The third-order valence-electron chi connectivity index (χ3n) is 4.07. The fourth-order valence-corrected chi connectivity index (χ4v) is 2.98. The second-order valence-electron chi connectivity index (χ2n) is 5.85. The van der Waals surface area contributed by atoms with Gasteiger partial charge in [-0.05, 0) is 52.9 Å². The van der Waals surface area contributed by atoms with Gasteiger partial charge in [0, 0.05) is 23.8 Å². The zero-order chi connectivity index (χ0) is 16.2. The summed E-state index contributed by atoms with van der Waals surface area (Å²) >= 11 is 3.48. The number of anilines is 2. The number of hydrogen-bond acceptors (Lipinski definition) is 4. The van der Waals surface area contributed by atoms with Crippen molar-refractivity contribution in [2.45, 2.75) is 19.8 Å². The lowest BCUT2D eigenvalue weighted by Crippen LogP contribution is -2.38. The number of para-hydroxylation sites is 1. The molecule has 1 aliphatic heterocycles. The maximum Gasteiger partial charge on any atom is 0.272 e. The maximum absolute atomic E-state index is 12.6. The summed E-state index contributed by atoms with van der Waals surface area (Å²) in [5.41, 5.74) is 1.30. The number of carbonyl (C=O) groups is 1. The third kappa shape index (κ3) is 3.88. The van der Waals surface area contributed by atoms with Crippen molar-refractivity contribution in [2.75, 3.05) is 18.4 Å². The van der Waals surface area contributed by atoms with Gasteiger partial charge in [0.25, 0.3) is 5.91 Å². The van der Waals surface area contributed by atoms with Gasteiger partial charge in [0.15, 0.2) is 0 Å². The summed E-state index contributed by atoms with van der Waals surface area (Å²) in [6.45, 7) is 3.83. The van der Waals surface area contributed by atoms with Crippen LogP contribution >= 0.6 is 15.9 Å². The minimum atomic E-state index is -0.0190. The van der Waals surface area contributed by atoms with E-state index >= 15 is 0 Å². The van der Waals surface area contributed by atoms with Crippen LogP contribution in [0.25, 0.3) is 0 Å². The first-order chi connectivity index (χ1) is 11.1. The van der Waals surface area contributed by atoms with Gasteiger partial charge in [-0.3, -0.25) is 4.79 Å². The summed E-state index contributed by atoms with van der Waals surface area (Å²) in [4.78, 5) is 23.0. The minimum absolute atomic E-state index is 0.0190. The lowest BCUT2D eigenvalue weighted by atomic mass is 9.99. The van der Waals surface area contributed by atoms with Gasteiger partial charge >= 0.3 is 0 Å². The molecule has 2 aromatic rings. The Morgan fingerprint density at radius 1 is 1.26 bits per heavy atom. The molecule has 0 spiro atoms. The predicted molar refractivity (Wildman–Crippen MR) is 93.8 cm³/mol. The minimum Gasteiger partial charge on any atom is -0.337 e. The topological polar surface area (TPSA) is 58.1 Å². The fourth-order valence-electron chi connectivity index (χ4n) is 2.59. The second-order valence-corrected chi connectivity index (χ2v) is 6.70. The second kappa shape index (κ2) is 7.08. The Balaban J connectivity index is 1.75. The van der Waals surface area contributed by atoms with Gasteiger partial charge in [-0.2, -0.15) is 0 Å². The standard InChI is InChI=1S/C17H19BrN4O/c1-12-7-10-22(11-8-12)16(23)15-6-9-19-17(21-15)20-14-5-3-2-4-13(14)18/h2-6,9,12H,7-8,10-11H2,1H3,(H,19,20,21). The van der Waals surface area contributed by atoms with Crippen LogP contribution in [0, 0.1) is 5.92 Å². The van der Waals surface area contributed by atoms with Crippen molar-refractivity contribution in [3.05, 3.63) is 46.7 Å². The quantitative estimate of drug-likeness (QED) is 0.885. The zero-order valence-electron chi connectivity index (χ0n) is 13.0. The first-order valence-electron chi connectivity index (χ1n) is 7.77. The Hall–Kier alpha value is -1.95. The molecule has 1 amide bonds. The van der Waals surface area contributed by atoms with Crippen molar-refractivity contribution < 1.29 is 4.79 Å². The van der Waals surface area contributed by atoms with Gasteiger partial charge in [0.1, 0.15) is 5.69 Å². The number of rotatable bonds is 3. The van der Waals surface area contributed by atoms with E-state index in [1.807, 2.05) is 29.2 Å². The molecule has 3 rings (SSSR count). The molecule has 0 radical (unpaired) electrons. The Morgan fingerprint density at radius 3 is 2.74 bits per heavy atom. The van der Waals surface area contributed by atoms with Crippen molar-refractivity contribution in [2.24, 2.45) is 5.92 Å². The van der Waals surface area contributed by atoms with Crippen LogP contribution in [0.1, 0.15) is 30.3 Å². The molecule has 0 saturated carbocycles. The molecule has 0 atom stereocenters. The summed E-state index contributed by atoms with van der Waals surface area (Å²) in [6.07, 6.45) is 3.73. The van der Waals surface area contributed by atoms with E-state index in [-0.39, 0.29) is 5.91 Å². The summed E-state index contributed by atoms with van der Waals surface area (Å²) in [5, 5.41) is 3.14. The van der Waals surface area contributed by atoms with E-state index in [1.165, 1.54) is 0 Å². The summed E-state index contributed by atoms with van der Waals surface area (Å²) < 4.78 is 0.922. The van der Waals surface area contributed by atoms with Crippen LogP contribution in [0.3, 0.4) is 0 Å². The monoisotopic (exact) mass is 374 g/mol. The van der Waals surface area contributed by atoms with Crippen LogP contribution in [0.5, 0.6) is 0 Å². The molecule has 23 heavy (non-hydrogen) atoms. The number of likely N-dealkylation sites (tertiary alicyclic amines) is 1. The van der Waals surface area contributed by atoms with Gasteiger partial charge in [0.2, 0.25) is 5.95 Å². The van der Waals surface area contributed by atoms with Crippen LogP contribution < -0.4 is 5.32 Å². The molecule has 1 saturated heterocycles. The molecule has 1 fully saturated rings. The number of piperidine rings is 1. The first kappa shape index (κ1) is 15.9. The fraction of sp³-hybridized carbons (Fsp3) is 0.353. The number of amides is 1. The third-order valence-corrected chi connectivity index (χ3v) is 4.76. The number of carbonyl (C=O) groups excluding carboxylic acids is 1. The van der Waals surface area contributed by atoms with Crippen molar-refractivity contribution >= 4 is 33.5 Å². The average Bonchev–Trinajstić information content (AvgIpc) is 2.57. The van der Waals surface area contributed by atoms with Gasteiger partial charge in [0.05, 0.1) is 5.69 Å². The molecule has 1 N–H and O–H groups in total. The van der Waals surface area contributed by atoms with Crippen molar-refractivity contribution in [3.8, 4) is 0 Å². The molecule has 0 aliphatic carbocycles. The van der Waals surface area contributed by atoms with E-state index in [4.69, 9.17) is 0 Å². The van der Waals surface area contributed by atoms with Crippen LogP contribution in [0.4, 0.5) is 11.6 Å². The number of halogens is 1. The van der Waals surface area contributed by atoms with Crippen molar-refractivity contribution in [3.63, 3.8) is 0 Å². The molecule has 6 heteroatoms. The Bertz CT molecular complexity index is 698. The lowest BCUT2D eigenvalue weighted by molar-refractivity contribution is 0.0691.